The average Bonchev–Trinajstić information content (AvgIpc) is 3.07. The van der Waals surface area contributed by atoms with Crippen LogP contribution < -0.4 is 4.74 Å². The molecule has 0 saturated carbocycles. The molecule has 3 aromatic carbocycles. The maximum absolute atomic E-state index is 13.6. The Morgan fingerprint density at radius 3 is 2.29 bits per heavy atom. The zero-order chi connectivity index (χ0) is 20.2. The lowest BCUT2D eigenvalue weighted by Crippen LogP contribution is -2.13. The summed E-state index contributed by atoms with van der Waals surface area (Å²) in [5.41, 5.74) is 2.58. The van der Waals surface area contributed by atoms with E-state index in [-0.39, 0.29) is 10.6 Å². The van der Waals surface area contributed by atoms with E-state index in [0.29, 0.717) is 32.0 Å². The van der Waals surface area contributed by atoms with Crippen molar-refractivity contribution < 1.29 is 18.3 Å². The summed E-state index contributed by atoms with van der Waals surface area (Å²) in [4.78, 5) is 0.149. The quantitative estimate of drug-likeness (QED) is 0.461. The predicted octanol–water partition coefficient (Wildman–Crippen LogP) is 5.13. The summed E-state index contributed by atoms with van der Waals surface area (Å²) in [5.74, 6) is 0.618. The average molecular weight is 460 g/mol. The molecule has 0 atom stereocenters. The predicted molar refractivity (Wildman–Crippen MR) is 114 cm³/mol. The smallest absolute Gasteiger partial charge is 0.268 e. The van der Waals surface area contributed by atoms with E-state index in [2.05, 4.69) is 15.9 Å². The number of aromatic nitrogens is 1. The summed E-state index contributed by atoms with van der Waals surface area (Å²) in [6.45, 7) is 3.71. The summed E-state index contributed by atoms with van der Waals surface area (Å²) in [7, 11) is -2.38. The van der Waals surface area contributed by atoms with E-state index in [9.17, 15) is 13.5 Å². The van der Waals surface area contributed by atoms with Crippen LogP contribution in [0.2, 0.25) is 0 Å². The zero-order valence-corrected chi connectivity index (χ0v) is 17.9. The highest BCUT2D eigenvalue weighted by Crippen LogP contribution is 2.44. The van der Waals surface area contributed by atoms with Gasteiger partial charge in [0.15, 0.2) is 0 Å². The second-order valence-corrected chi connectivity index (χ2v) is 9.18. The van der Waals surface area contributed by atoms with Crippen LogP contribution in [0.3, 0.4) is 0 Å². The lowest BCUT2D eigenvalue weighted by atomic mass is 10.0. The Morgan fingerprint density at radius 1 is 1.00 bits per heavy atom. The number of hydrogen-bond donors (Lipinski definition) is 1. The van der Waals surface area contributed by atoms with Gasteiger partial charge in [-0.15, -0.1) is 0 Å². The fourth-order valence-electron chi connectivity index (χ4n) is 3.52. The number of methoxy groups -OCH3 is 1. The number of phenols is 1. The molecule has 0 unspecified atom stereocenters. The molecule has 0 aliphatic heterocycles. The van der Waals surface area contributed by atoms with Gasteiger partial charge in [0, 0.05) is 5.39 Å². The number of ether oxygens (including phenoxy) is 1. The second-order valence-electron chi connectivity index (χ2n) is 6.60. The Balaban J connectivity index is 2.19. The number of aryl methyl sites for hydroxylation is 1. The van der Waals surface area contributed by atoms with Gasteiger partial charge < -0.3 is 9.84 Å². The van der Waals surface area contributed by atoms with Crippen molar-refractivity contribution in [1.82, 2.24) is 3.97 Å². The Kier molecular flexibility index (Phi) is 4.39. The minimum absolute atomic E-state index is 0.0398. The molecule has 0 spiro atoms. The highest BCUT2D eigenvalue weighted by atomic mass is 79.9. The van der Waals surface area contributed by atoms with Crippen molar-refractivity contribution >= 4 is 47.8 Å². The highest BCUT2D eigenvalue weighted by molar-refractivity contribution is 9.10. The number of aromatic hydroxyl groups is 1. The molecule has 1 aromatic heterocycles. The summed E-state index contributed by atoms with van der Waals surface area (Å²) in [6.07, 6.45) is 0. The lowest BCUT2D eigenvalue weighted by molar-refractivity contribution is 0.414. The normalized spacial score (nSPS) is 12.0. The third-order valence-electron chi connectivity index (χ3n) is 5.12. The van der Waals surface area contributed by atoms with Gasteiger partial charge in [-0.1, -0.05) is 18.2 Å². The summed E-state index contributed by atoms with van der Waals surface area (Å²) < 4.78 is 34.3. The number of nitrogens with zero attached hydrogens (tertiary/aromatic N) is 1. The van der Waals surface area contributed by atoms with Crippen LogP contribution in [-0.2, 0) is 10.0 Å². The van der Waals surface area contributed by atoms with Crippen LogP contribution in [0.4, 0.5) is 0 Å². The minimum atomic E-state index is -3.91. The number of hydrogen-bond acceptors (Lipinski definition) is 4. The van der Waals surface area contributed by atoms with Crippen LogP contribution in [0.1, 0.15) is 11.1 Å². The Labute approximate surface area is 171 Å². The number of benzene rings is 3. The van der Waals surface area contributed by atoms with Gasteiger partial charge in [-0.2, -0.15) is 0 Å². The van der Waals surface area contributed by atoms with Crippen LogP contribution in [-0.4, -0.2) is 24.6 Å². The number of rotatable bonds is 3. The molecule has 0 saturated heterocycles. The van der Waals surface area contributed by atoms with E-state index in [1.165, 1.54) is 23.2 Å². The molecular formula is C21H18BrNO4S. The number of phenolic OH excluding ortho intramolecular Hbond substituents is 1. The van der Waals surface area contributed by atoms with Crippen LogP contribution in [0.15, 0.2) is 57.9 Å². The van der Waals surface area contributed by atoms with Gasteiger partial charge in [-0.05, 0) is 71.2 Å². The van der Waals surface area contributed by atoms with Gasteiger partial charge in [0.25, 0.3) is 10.0 Å². The van der Waals surface area contributed by atoms with Crippen LogP contribution in [0, 0.1) is 13.8 Å². The first-order valence-electron chi connectivity index (χ1n) is 8.59. The number of para-hydroxylation sites is 1. The Bertz CT molecular complexity index is 1340. The first kappa shape index (κ1) is 18.8. The van der Waals surface area contributed by atoms with E-state index in [4.69, 9.17) is 4.74 Å². The fourth-order valence-corrected chi connectivity index (χ4v) is 5.60. The lowest BCUT2D eigenvalue weighted by Gasteiger charge is -2.14. The number of halogens is 1. The summed E-state index contributed by atoms with van der Waals surface area (Å²) in [6, 6.07) is 13.5. The standard InChI is InChI=1S/C21H18BrNO4S/c1-12-13(2)20-18(21(24)19(12)22)16-6-4-5-7-17(16)23(20)28(25,26)15-10-8-14(27-3)9-11-15/h4-11,24H,1-3H3. The van der Waals surface area contributed by atoms with Crippen molar-refractivity contribution in [1.29, 1.82) is 0 Å². The van der Waals surface area contributed by atoms with E-state index >= 15 is 0 Å². The van der Waals surface area contributed by atoms with Crippen LogP contribution >= 0.6 is 15.9 Å². The van der Waals surface area contributed by atoms with Gasteiger partial charge in [-0.25, -0.2) is 12.4 Å². The van der Waals surface area contributed by atoms with Crippen LogP contribution in [0.5, 0.6) is 11.5 Å². The molecule has 1 heterocycles. The molecule has 144 valence electrons. The minimum Gasteiger partial charge on any atom is -0.506 e. The molecule has 0 aliphatic carbocycles. The molecule has 0 amide bonds. The van der Waals surface area contributed by atoms with Crippen molar-refractivity contribution in [2.75, 3.05) is 7.11 Å². The topological polar surface area (TPSA) is 68.5 Å². The van der Waals surface area contributed by atoms with E-state index in [1.807, 2.05) is 26.0 Å². The summed E-state index contributed by atoms with van der Waals surface area (Å²) >= 11 is 3.43. The third kappa shape index (κ3) is 2.53. The summed E-state index contributed by atoms with van der Waals surface area (Å²) in [5, 5.41) is 12.0. The number of fused-ring (bicyclic) bond motifs is 3. The van der Waals surface area contributed by atoms with Gasteiger partial charge in [0.1, 0.15) is 11.5 Å². The molecule has 4 aromatic rings. The van der Waals surface area contributed by atoms with E-state index in [0.717, 1.165) is 11.1 Å². The zero-order valence-electron chi connectivity index (χ0n) is 15.5. The molecular weight excluding hydrogens is 442 g/mol. The van der Waals surface area contributed by atoms with Gasteiger partial charge in [0.2, 0.25) is 0 Å². The molecule has 1 N–H and O–H groups in total. The van der Waals surface area contributed by atoms with Crippen molar-refractivity contribution in [3.63, 3.8) is 0 Å². The monoisotopic (exact) mass is 459 g/mol. The molecule has 4 rings (SSSR count). The van der Waals surface area contributed by atoms with Crippen molar-refractivity contribution in [3.8, 4) is 11.5 Å². The first-order valence-corrected chi connectivity index (χ1v) is 10.8. The maximum Gasteiger partial charge on any atom is 0.268 e. The van der Waals surface area contributed by atoms with Crippen molar-refractivity contribution in [3.05, 3.63) is 64.1 Å². The first-order chi connectivity index (χ1) is 13.3. The molecule has 0 radical (unpaired) electrons. The molecule has 0 fully saturated rings. The van der Waals surface area contributed by atoms with Crippen molar-refractivity contribution in [2.45, 2.75) is 18.7 Å². The fraction of sp³-hybridized carbons (Fsp3) is 0.143. The highest BCUT2D eigenvalue weighted by Gasteiger charge is 2.27. The van der Waals surface area contributed by atoms with Gasteiger partial charge in [-0.3, -0.25) is 0 Å². The molecule has 0 bridgehead atoms. The van der Waals surface area contributed by atoms with Gasteiger partial charge >= 0.3 is 0 Å². The Hall–Kier alpha value is -2.51. The van der Waals surface area contributed by atoms with E-state index in [1.54, 1.807) is 24.3 Å². The van der Waals surface area contributed by atoms with E-state index < -0.39 is 10.0 Å². The molecule has 5 nitrogen and oxygen atoms in total. The maximum atomic E-state index is 13.6. The van der Waals surface area contributed by atoms with Crippen LogP contribution in [0.25, 0.3) is 21.8 Å². The molecule has 28 heavy (non-hydrogen) atoms. The van der Waals surface area contributed by atoms with Gasteiger partial charge in [0.05, 0.1) is 32.9 Å². The third-order valence-corrected chi connectivity index (χ3v) is 7.82. The molecule has 0 aliphatic rings. The Morgan fingerprint density at radius 2 is 1.64 bits per heavy atom. The van der Waals surface area contributed by atoms with Crippen molar-refractivity contribution in [2.24, 2.45) is 0 Å². The largest absolute Gasteiger partial charge is 0.506 e. The SMILES string of the molecule is COc1ccc(S(=O)(=O)n2c3ccccc3c3c(O)c(Br)c(C)c(C)c32)cc1. The second kappa shape index (κ2) is 6.53. The molecule has 7 heteroatoms.